The van der Waals surface area contributed by atoms with Gasteiger partial charge in [0.25, 0.3) is 0 Å². The lowest BCUT2D eigenvalue weighted by Crippen LogP contribution is -1.92. The van der Waals surface area contributed by atoms with Crippen molar-refractivity contribution in [2.45, 2.75) is 29.4 Å². The second-order valence-corrected chi connectivity index (χ2v) is 9.07. The van der Waals surface area contributed by atoms with E-state index in [0.29, 0.717) is 0 Å². The molecule has 6 heteroatoms. The van der Waals surface area contributed by atoms with E-state index >= 15 is 0 Å². The van der Waals surface area contributed by atoms with Gasteiger partial charge in [-0.05, 0) is 36.4 Å². The van der Waals surface area contributed by atoms with Crippen molar-refractivity contribution in [1.82, 2.24) is 0 Å². The molecule has 0 aliphatic carbocycles. The molecule has 0 bridgehead atoms. The van der Waals surface area contributed by atoms with E-state index in [4.69, 9.17) is 10.2 Å². The predicted octanol–water partition coefficient (Wildman–Crippen LogP) is 4.47. The van der Waals surface area contributed by atoms with E-state index in [1.165, 1.54) is 29.4 Å². The summed E-state index contributed by atoms with van der Waals surface area (Å²) in [5, 5.41) is 17.9. The van der Waals surface area contributed by atoms with Crippen LogP contribution in [-0.4, -0.2) is 34.9 Å². The summed E-state index contributed by atoms with van der Waals surface area (Å²) in [5.74, 6) is 1.47. The first-order valence-electron chi connectivity index (χ1n) is 6.91. The molecule has 2 N–H and O–H groups in total. The Bertz CT molecular complexity index is 603. The normalized spacial score (nSPS) is 12.8. The summed E-state index contributed by atoms with van der Waals surface area (Å²) >= 11 is 6.99. The lowest BCUT2D eigenvalue weighted by atomic mass is 10.3. The molecule has 0 saturated heterocycles. The zero-order valence-electron chi connectivity index (χ0n) is 11.8. The molecule has 0 unspecified atom stereocenters. The highest BCUT2D eigenvalue weighted by atomic mass is 32.2. The summed E-state index contributed by atoms with van der Waals surface area (Å²) in [5.41, 5.74) is 0. The first-order chi connectivity index (χ1) is 10.8. The maximum atomic E-state index is 8.94. The SMILES string of the molecule is OCCSc1ccc2c(c1)Sc1ccc(SCCO)cc1S2. The number of benzene rings is 2. The molecule has 2 nitrogen and oxygen atoms in total. The van der Waals surface area contributed by atoms with Crippen molar-refractivity contribution < 1.29 is 10.2 Å². The van der Waals surface area contributed by atoms with Gasteiger partial charge in [-0.3, -0.25) is 0 Å². The number of rotatable bonds is 6. The van der Waals surface area contributed by atoms with E-state index in [9.17, 15) is 0 Å². The molecule has 0 fully saturated rings. The lowest BCUT2D eigenvalue weighted by Gasteiger charge is -2.19. The number of fused-ring (bicyclic) bond motifs is 2. The molecule has 0 radical (unpaired) electrons. The van der Waals surface area contributed by atoms with E-state index in [0.717, 1.165) is 11.5 Å². The van der Waals surface area contributed by atoms with Crippen LogP contribution in [0.1, 0.15) is 0 Å². The van der Waals surface area contributed by atoms with Crippen LogP contribution in [0.15, 0.2) is 65.8 Å². The lowest BCUT2D eigenvalue weighted by molar-refractivity contribution is 0.322. The monoisotopic (exact) mass is 368 g/mol. The molecule has 0 atom stereocenters. The van der Waals surface area contributed by atoms with Gasteiger partial charge in [-0.25, -0.2) is 0 Å². The van der Waals surface area contributed by atoms with Gasteiger partial charge >= 0.3 is 0 Å². The number of aliphatic hydroxyl groups is 2. The average Bonchev–Trinajstić information content (AvgIpc) is 2.56. The van der Waals surface area contributed by atoms with Crippen molar-refractivity contribution in [3.63, 3.8) is 0 Å². The molecule has 2 aromatic carbocycles. The summed E-state index contributed by atoms with van der Waals surface area (Å²) in [6.45, 7) is 0.418. The highest BCUT2D eigenvalue weighted by Gasteiger charge is 2.18. The van der Waals surface area contributed by atoms with E-state index in [-0.39, 0.29) is 13.2 Å². The van der Waals surface area contributed by atoms with Gasteiger partial charge in [0, 0.05) is 40.9 Å². The maximum Gasteiger partial charge on any atom is 0.0525 e. The number of hydrogen-bond acceptors (Lipinski definition) is 6. The fraction of sp³-hybridized carbons (Fsp3) is 0.250. The Hall–Kier alpha value is -0.240. The number of hydrogen-bond donors (Lipinski definition) is 2. The molecule has 0 aromatic heterocycles. The fourth-order valence-corrected chi connectivity index (χ4v) is 5.86. The Balaban J connectivity index is 1.79. The molecule has 22 heavy (non-hydrogen) atoms. The second-order valence-electron chi connectivity index (χ2n) is 4.57. The van der Waals surface area contributed by atoms with Gasteiger partial charge in [0.05, 0.1) is 13.2 Å². The minimum absolute atomic E-state index is 0.209. The molecule has 0 spiro atoms. The molecule has 0 saturated carbocycles. The van der Waals surface area contributed by atoms with E-state index < -0.39 is 0 Å². The highest BCUT2D eigenvalue weighted by Crippen LogP contribution is 2.50. The van der Waals surface area contributed by atoms with Crippen LogP contribution in [0.25, 0.3) is 0 Å². The molecular weight excluding hydrogens is 352 g/mol. The number of aliphatic hydroxyl groups excluding tert-OH is 2. The molecule has 1 heterocycles. The van der Waals surface area contributed by atoms with Crippen LogP contribution in [0.3, 0.4) is 0 Å². The van der Waals surface area contributed by atoms with Gasteiger partial charge in [-0.1, -0.05) is 23.5 Å². The minimum Gasteiger partial charge on any atom is -0.396 e. The highest BCUT2D eigenvalue weighted by molar-refractivity contribution is 8.05. The third kappa shape index (κ3) is 3.99. The van der Waals surface area contributed by atoms with Crippen LogP contribution < -0.4 is 0 Å². The van der Waals surface area contributed by atoms with Gasteiger partial charge in [0.2, 0.25) is 0 Å². The van der Waals surface area contributed by atoms with Gasteiger partial charge in [0.15, 0.2) is 0 Å². The first kappa shape index (κ1) is 16.6. The molecule has 116 valence electrons. The van der Waals surface area contributed by atoms with Crippen LogP contribution in [0, 0.1) is 0 Å². The van der Waals surface area contributed by atoms with Crippen LogP contribution in [0.5, 0.6) is 0 Å². The van der Waals surface area contributed by atoms with Crippen molar-refractivity contribution in [2.24, 2.45) is 0 Å². The number of thioether (sulfide) groups is 2. The van der Waals surface area contributed by atoms with Crippen LogP contribution in [-0.2, 0) is 0 Å². The summed E-state index contributed by atoms with van der Waals surface area (Å²) < 4.78 is 0. The summed E-state index contributed by atoms with van der Waals surface area (Å²) in [7, 11) is 0. The van der Waals surface area contributed by atoms with Gasteiger partial charge in [-0.2, -0.15) is 0 Å². The Morgan fingerprint density at radius 1 is 0.682 bits per heavy atom. The Kier molecular flexibility index (Phi) is 6.07. The van der Waals surface area contributed by atoms with Gasteiger partial charge in [0.1, 0.15) is 0 Å². The molecule has 1 aliphatic rings. The van der Waals surface area contributed by atoms with Crippen molar-refractivity contribution in [2.75, 3.05) is 24.7 Å². The quantitative estimate of drug-likeness (QED) is 0.626. The largest absolute Gasteiger partial charge is 0.396 e. The van der Waals surface area contributed by atoms with Crippen LogP contribution >= 0.6 is 47.0 Å². The smallest absolute Gasteiger partial charge is 0.0525 e. The molecule has 3 rings (SSSR count). The Morgan fingerprint density at radius 3 is 1.55 bits per heavy atom. The Labute approximate surface area is 147 Å². The molecule has 2 aromatic rings. The third-order valence-corrected chi connectivity index (χ3v) is 7.46. The molecular formula is C16H16O2S4. The third-order valence-electron chi connectivity index (χ3n) is 2.99. The van der Waals surface area contributed by atoms with Crippen molar-refractivity contribution >= 4 is 47.0 Å². The van der Waals surface area contributed by atoms with E-state index in [1.54, 1.807) is 23.5 Å². The summed E-state index contributed by atoms with van der Waals surface area (Å²) in [6, 6.07) is 13.0. The summed E-state index contributed by atoms with van der Waals surface area (Å²) in [4.78, 5) is 7.57. The fourth-order valence-electron chi connectivity index (χ4n) is 2.05. The predicted molar refractivity (Wildman–Crippen MR) is 96.7 cm³/mol. The maximum absolute atomic E-state index is 8.94. The van der Waals surface area contributed by atoms with Crippen molar-refractivity contribution in [3.05, 3.63) is 36.4 Å². The van der Waals surface area contributed by atoms with Crippen LogP contribution in [0.4, 0.5) is 0 Å². The average molecular weight is 369 g/mol. The molecule has 0 amide bonds. The Morgan fingerprint density at radius 2 is 1.14 bits per heavy atom. The topological polar surface area (TPSA) is 40.5 Å². The van der Waals surface area contributed by atoms with E-state index in [2.05, 4.69) is 36.4 Å². The van der Waals surface area contributed by atoms with Crippen molar-refractivity contribution in [3.8, 4) is 0 Å². The van der Waals surface area contributed by atoms with Gasteiger partial charge < -0.3 is 10.2 Å². The minimum atomic E-state index is 0.209. The first-order valence-corrected chi connectivity index (χ1v) is 10.5. The van der Waals surface area contributed by atoms with E-state index in [1.807, 2.05) is 23.5 Å². The molecule has 1 aliphatic heterocycles. The van der Waals surface area contributed by atoms with Crippen LogP contribution in [0.2, 0.25) is 0 Å². The van der Waals surface area contributed by atoms with Crippen molar-refractivity contribution in [1.29, 1.82) is 0 Å². The second kappa shape index (κ2) is 8.04. The zero-order valence-corrected chi connectivity index (χ0v) is 15.1. The standard InChI is InChI=1S/C16H16O2S4/c17-5-7-19-11-1-3-13-15(9-11)22-14-4-2-12(20-8-6-18)10-16(14)21-13/h1-4,9-10,17-18H,5-8H2. The zero-order chi connectivity index (χ0) is 15.4. The summed E-state index contributed by atoms with van der Waals surface area (Å²) in [6.07, 6.45) is 0. The van der Waals surface area contributed by atoms with Gasteiger partial charge in [-0.15, -0.1) is 23.5 Å².